The summed E-state index contributed by atoms with van der Waals surface area (Å²) in [7, 11) is 0. The minimum absolute atomic E-state index is 0.0741. The molecule has 1 unspecified atom stereocenters. The first-order valence-corrected chi connectivity index (χ1v) is 9.81. The fourth-order valence-corrected chi connectivity index (χ4v) is 3.82. The number of ether oxygens (including phenoxy) is 1. The summed E-state index contributed by atoms with van der Waals surface area (Å²) in [5.74, 6) is 0.711. The minimum atomic E-state index is -0.156. The Kier molecular flexibility index (Phi) is 5.18. The first-order valence-electron chi connectivity index (χ1n) is 8.93. The van der Waals surface area contributed by atoms with Gasteiger partial charge in [0, 0.05) is 23.3 Å². The van der Waals surface area contributed by atoms with Gasteiger partial charge in [0.15, 0.2) is 0 Å². The molecule has 27 heavy (non-hydrogen) atoms. The molecule has 1 aromatic carbocycles. The molecule has 2 aromatic heterocycles. The van der Waals surface area contributed by atoms with Crippen LogP contribution in [-0.4, -0.2) is 30.6 Å². The summed E-state index contributed by atoms with van der Waals surface area (Å²) in [4.78, 5) is 20.4. The van der Waals surface area contributed by atoms with Crippen LogP contribution in [0.5, 0.6) is 0 Å². The third kappa shape index (κ3) is 4.18. The number of pyridine rings is 1. The predicted molar refractivity (Wildman–Crippen MR) is 109 cm³/mol. The Labute approximate surface area is 162 Å². The summed E-state index contributed by atoms with van der Waals surface area (Å²) >= 11 is 1.71. The highest BCUT2D eigenvalue weighted by Crippen LogP contribution is 2.28. The third-order valence-corrected chi connectivity index (χ3v) is 5.53. The van der Waals surface area contributed by atoms with E-state index in [0.717, 1.165) is 30.2 Å². The van der Waals surface area contributed by atoms with Crippen LogP contribution < -0.4 is 10.2 Å². The van der Waals surface area contributed by atoms with Crippen LogP contribution >= 0.6 is 11.3 Å². The highest BCUT2D eigenvalue weighted by atomic mass is 32.1. The molecule has 1 aliphatic rings. The van der Waals surface area contributed by atoms with Crippen molar-refractivity contribution in [2.24, 2.45) is 0 Å². The number of thiophene rings is 1. The lowest BCUT2D eigenvalue weighted by molar-refractivity contribution is 0.0418. The Hall–Kier alpha value is -2.70. The smallest absolute Gasteiger partial charge is 0.257 e. The summed E-state index contributed by atoms with van der Waals surface area (Å²) in [6.07, 6.45) is 1.71. The Morgan fingerprint density at radius 2 is 2.07 bits per heavy atom. The van der Waals surface area contributed by atoms with Crippen molar-refractivity contribution in [3.8, 4) is 0 Å². The summed E-state index contributed by atoms with van der Waals surface area (Å²) in [6, 6.07) is 15.6. The number of aromatic nitrogens is 1. The monoisotopic (exact) mass is 379 g/mol. The number of aryl methyl sites for hydroxylation is 1. The average molecular weight is 379 g/mol. The van der Waals surface area contributed by atoms with Crippen LogP contribution in [-0.2, 0) is 4.74 Å². The standard InChI is InChI=1S/C21H21N3O2S/c1-15-4-7-17(8-5-15)23-21(25)16-6-9-20(22-13-16)24-10-11-26-18(14-24)19-3-2-12-27-19/h2-9,12-13,18H,10-11,14H2,1H3,(H,23,25). The number of benzene rings is 1. The molecule has 0 aliphatic carbocycles. The second-order valence-electron chi connectivity index (χ2n) is 6.55. The zero-order chi connectivity index (χ0) is 18.6. The van der Waals surface area contributed by atoms with Crippen molar-refractivity contribution in [1.82, 2.24) is 4.98 Å². The van der Waals surface area contributed by atoms with E-state index in [1.807, 2.05) is 49.4 Å². The third-order valence-electron chi connectivity index (χ3n) is 4.57. The molecule has 6 heteroatoms. The van der Waals surface area contributed by atoms with Crippen LogP contribution in [0.3, 0.4) is 0 Å². The van der Waals surface area contributed by atoms with Crippen LogP contribution in [0.15, 0.2) is 60.1 Å². The van der Waals surface area contributed by atoms with Crippen molar-refractivity contribution in [1.29, 1.82) is 0 Å². The van der Waals surface area contributed by atoms with Gasteiger partial charge in [0.05, 0.1) is 18.7 Å². The van der Waals surface area contributed by atoms with E-state index in [1.54, 1.807) is 17.5 Å². The first kappa shape index (κ1) is 17.7. The molecule has 1 fully saturated rings. The van der Waals surface area contributed by atoms with Gasteiger partial charge in [-0.3, -0.25) is 4.79 Å². The SMILES string of the molecule is Cc1ccc(NC(=O)c2ccc(N3CCOC(c4cccs4)C3)nc2)cc1. The Morgan fingerprint density at radius 1 is 1.22 bits per heavy atom. The van der Waals surface area contributed by atoms with E-state index in [1.165, 1.54) is 4.88 Å². The van der Waals surface area contributed by atoms with E-state index < -0.39 is 0 Å². The van der Waals surface area contributed by atoms with Crippen molar-refractivity contribution in [3.05, 3.63) is 76.1 Å². The van der Waals surface area contributed by atoms with E-state index in [-0.39, 0.29) is 12.0 Å². The van der Waals surface area contributed by atoms with E-state index in [0.29, 0.717) is 12.2 Å². The van der Waals surface area contributed by atoms with Gasteiger partial charge in [0.2, 0.25) is 0 Å². The van der Waals surface area contributed by atoms with Gasteiger partial charge in [-0.15, -0.1) is 11.3 Å². The summed E-state index contributed by atoms with van der Waals surface area (Å²) in [6.45, 7) is 4.25. The number of hydrogen-bond acceptors (Lipinski definition) is 5. The summed E-state index contributed by atoms with van der Waals surface area (Å²) < 4.78 is 5.89. The first-order chi connectivity index (χ1) is 13.2. The average Bonchev–Trinajstić information content (AvgIpc) is 3.25. The highest BCUT2D eigenvalue weighted by molar-refractivity contribution is 7.10. The molecule has 1 saturated heterocycles. The minimum Gasteiger partial charge on any atom is -0.369 e. The predicted octanol–water partition coefficient (Wildman–Crippen LogP) is 4.28. The van der Waals surface area contributed by atoms with Crippen LogP contribution in [0.2, 0.25) is 0 Å². The van der Waals surface area contributed by atoms with Crippen molar-refractivity contribution in [2.75, 3.05) is 29.9 Å². The summed E-state index contributed by atoms with van der Waals surface area (Å²) in [5, 5.41) is 4.97. The molecule has 3 aromatic rings. The molecule has 0 bridgehead atoms. The maximum Gasteiger partial charge on any atom is 0.257 e. The number of rotatable bonds is 4. The largest absolute Gasteiger partial charge is 0.369 e. The van der Waals surface area contributed by atoms with Crippen molar-refractivity contribution in [2.45, 2.75) is 13.0 Å². The van der Waals surface area contributed by atoms with Gasteiger partial charge in [0.1, 0.15) is 11.9 Å². The maximum atomic E-state index is 12.4. The van der Waals surface area contributed by atoms with Gasteiger partial charge in [0.25, 0.3) is 5.91 Å². The quantitative estimate of drug-likeness (QED) is 0.735. The number of carbonyl (C=O) groups is 1. The number of amides is 1. The lowest BCUT2D eigenvalue weighted by Crippen LogP contribution is -2.38. The summed E-state index contributed by atoms with van der Waals surface area (Å²) in [5.41, 5.74) is 2.48. The molecule has 1 aliphatic heterocycles. The number of nitrogens with one attached hydrogen (secondary N) is 1. The molecule has 138 valence electrons. The normalized spacial score (nSPS) is 16.9. The fourth-order valence-electron chi connectivity index (χ4n) is 3.05. The Morgan fingerprint density at radius 3 is 2.78 bits per heavy atom. The lowest BCUT2D eigenvalue weighted by atomic mass is 10.2. The molecule has 0 saturated carbocycles. The molecule has 4 rings (SSSR count). The van der Waals surface area contributed by atoms with E-state index in [4.69, 9.17) is 4.74 Å². The van der Waals surface area contributed by atoms with Crippen LogP contribution in [0, 0.1) is 6.92 Å². The maximum absolute atomic E-state index is 12.4. The van der Waals surface area contributed by atoms with Crippen LogP contribution in [0.1, 0.15) is 26.9 Å². The van der Waals surface area contributed by atoms with E-state index in [2.05, 4.69) is 26.6 Å². The molecule has 3 heterocycles. The van der Waals surface area contributed by atoms with Crippen molar-refractivity contribution in [3.63, 3.8) is 0 Å². The van der Waals surface area contributed by atoms with Gasteiger partial charge in [-0.2, -0.15) is 0 Å². The van der Waals surface area contributed by atoms with Gasteiger partial charge < -0.3 is 15.0 Å². The molecule has 1 atom stereocenters. The van der Waals surface area contributed by atoms with Crippen LogP contribution in [0.25, 0.3) is 0 Å². The van der Waals surface area contributed by atoms with Gasteiger partial charge >= 0.3 is 0 Å². The highest BCUT2D eigenvalue weighted by Gasteiger charge is 2.23. The molecule has 5 nitrogen and oxygen atoms in total. The molecular weight excluding hydrogens is 358 g/mol. The van der Waals surface area contributed by atoms with Gasteiger partial charge in [-0.05, 0) is 42.6 Å². The van der Waals surface area contributed by atoms with E-state index in [9.17, 15) is 4.79 Å². The number of carbonyl (C=O) groups excluding carboxylic acids is 1. The molecule has 0 spiro atoms. The molecule has 0 radical (unpaired) electrons. The number of nitrogens with zero attached hydrogens (tertiary/aromatic N) is 2. The van der Waals surface area contributed by atoms with Crippen molar-refractivity contribution < 1.29 is 9.53 Å². The fraction of sp³-hybridized carbons (Fsp3) is 0.238. The molecule has 1 amide bonds. The number of hydrogen-bond donors (Lipinski definition) is 1. The topological polar surface area (TPSA) is 54.5 Å². The molecule has 1 N–H and O–H groups in total. The number of morpholine rings is 1. The second kappa shape index (κ2) is 7.90. The van der Waals surface area contributed by atoms with Crippen molar-refractivity contribution >= 4 is 28.7 Å². The zero-order valence-corrected chi connectivity index (χ0v) is 15.9. The van der Waals surface area contributed by atoms with Gasteiger partial charge in [-0.1, -0.05) is 23.8 Å². The van der Waals surface area contributed by atoms with Gasteiger partial charge in [-0.25, -0.2) is 4.98 Å². The Bertz CT molecular complexity index is 892. The van der Waals surface area contributed by atoms with Crippen LogP contribution in [0.4, 0.5) is 11.5 Å². The molecular formula is C21H21N3O2S. The second-order valence-corrected chi connectivity index (χ2v) is 7.53. The number of anilines is 2. The van der Waals surface area contributed by atoms with E-state index >= 15 is 0 Å². The zero-order valence-electron chi connectivity index (χ0n) is 15.1. The lowest BCUT2D eigenvalue weighted by Gasteiger charge is -2.33. The Balaban J connectivity index is 1.42.